The second-order valence-electron chi connectivity index (χ2n) is 5.43. The van der Waals surface area contributed by atoms with E-state index in [0.29, 0.717) is 13.0 Å². The standard InChI is InChI=1S/C15H20FN3O2/c1-2-15(6-3-7-18-9-15)14(21)19-12-8-10(13(17)20)4-5-11(12)16/h4-5,8,18H,2-3,6-7,9H2,1H3,(H2,17,20)(H,19,21). The molecule has 1 atom stereocenters. The highest BCUT2D eigenvalue weighted by atomic mass is 19.1. The molecular weight excluding hydrogens is 273 g/mol. The number of carbonyl (C=O) groups is 2. The Morgan fingerprint density at radius 2 is 2.24 bits per heavy atom. The molecule has 1 aliphatic rings. The van der Waals surface area contributed by atoms with E-state index in [0.717, 1.165) is 25.5 Å². The van der Waals surface area contributed by atoms with Crippen LogP contribution in [-0.2, 0) is 4.79 Å². The maximum atomic E-state index is 13.8. The normalized spacial score (nSPS) is 21.8. The van der Waals surface area contributed by atoms with Gasteiger partial charge in [0.2, 0.25) is 11.8 Å². The number of carbonyl (C=O) groups excluding carboxylic acids is 2. The average Bonchev–Trinajstić information content (AvgIpc) is 2.49. The van der Waals surface area contributed by atoms with Crippen molar-refractivity contribution in [2.75, 3.05) is 18.4 Å². The Balaban J connectivity index is 2.22. The number of nitrogens with two attached hydrogens (primary N) is 1. The van der Waals surface area contributed by atoms with Gasteiger partial charge in [-0.2, -0.15) is 0 Å². The SMILES string of the molecule is CCC1(C(=O)Nc2cc(C(N)=O)ccc2F)CCCNC1. The van der Waals surface area contributed by atoms with Crippen LogP contribution in [0.15, 0.2) is 18.2 Å². The van der Waals surface area contributed by atoms with Gasteiger partial charge in [-0.1, -0.05) is 6.92 Å². The Kier molecular flexibility index (Phi) is 4.57. The fraction of sp³-hybridized carbons (Fsp3) is 0.467. The summed E-state index contributed by atoms with van der Waals surface area (Å²) in [6.07, 6.45) is 2.34. The quantitative estimate of drug-likeness (QED) is 0.789. The molecule has 0 radical (unpaired) electrons. The summed E-state index contributed by atoms with van der Waals surface area (Å²) in [5.41, 5.74) is 4.80. The second-order valence-corrected chi connectivity index (χ2v) is 5.43. The summed E-state index contributed by atoms with van der Waals surface area (Å²) in [5, 5.41) is 5.81. The summed E-state index contributed by atoms with van der Waals surface area (Å²) in [5.74, 6) is -1.46. The molecule has 1 saturated heterocycles. The third kappa shape index (κ3) is 3.21. The lowest BCUT2D eigenvalue weighted by molar-refractivity contribution is -0.126. The molecule has 1 aliphatic heterocycles. The van der Waals surface area contributed by atoms with E-state index in [9.17, 15) is 14.0 Å². The molecule has 0 saturated carbocycles. The number of rotatable bonds is 4. The molecule has 2 amide bonds. The van der Waals surface area contributed by atoms with Crippen LogP contribution in [0, 0.1) is 11.2 Å². The summed E-state index contributed by atoms with van der Waals surface area (Å²) in [6, 6.07) is 3.70. The number of hydrogen-bond acceptors (Lipinski definition) is 3. The Morgan fingerprint density at radius 3 is 2.81 bits per heavy atom. The van der Waals surface area contributed by atoms with Crippen molar-refractivity contribution in [3.63, 3.8) is 0 Å². The first-order valence-corrected chi connectivity index (χ1v) is 7.10. The molecule has 21 heavy (non-hydrogen) atoms. The monoisotopic (exact) mass is 293 g/mol. The largest absolute Gasteiger partial charge is 0.366 e. The number of anilines is 1. The predicted octanol–water partition coefficient (Wildman–Crippen LogP) is 1.64. The summed E-state index contributed by atoms with van der Waals surface area (Å²) in [7, 11) is 0. The number of hydrogen-bond donors (Lipinski definition) is 3. The minimum Gasteiger partial charge on any atom is -0.366 e. The minimum atomic E-state index is -0.657. The number of benzene rings is 1. The first kappa shape index (κ1) is 15.4. The molecule has 2 rings (SSSR count). The Bertz CT molecular complexity index is 554. The minimum absolute atomic E-state index is 0.00491. The zero-order chi connectivity index (χ0) is 15.5. The first-order valence-electron chi connectivity index (χ1n) is 7.10. The summed E-state index contributed by atoms with van der Waals surface area (Å²) in [6.45, 7) is 3.41. The topological polar surface area (TPSA) is 84.2 Å². The van der Waals surface area contributed by atoms with Crippen molar-refractivity contribution < 1.29 is 14.0 Å². The molecule has 1 unspecified atom stereocenters. The van der Waals surface area contributed by atoms with Crippen molar-refractivity contribution in [2.45, 2.75) is 26.2 Å². The zero-order valence-corrected chi connectivity index (χ0v) is 12.0. The third-order valence-electron chi connectivity index (χ3n) is 4.13. The van der Waals surface area contributed by atoms with E-state index >= 15 is 0 Å². The van der Waals surface area contributed by atoms with Crippen molar-refractivity contribution >= 4 is 17.5 Å². The maximum absolute atomic E-state index is 13.8. The van der Waals surface area contributed by atoms with E-state index in [1.54, 1.807) is 0 Å². The molecular formula is C15H20FN3O2. The van der Waals surface area contributed by atoms with Crippen LogP contribution in [0.5, 0.6) is 0 Å². The van der Waals surface area contributed by atoms with Gasteiger partial charge >= 0.3 is 0 Å². The molecule has 0 aromatic heterocycles. The van der Waals surface area contributed by atoms with E-state index in [-0.39, 0.29) is 17.2 Å². The lowest BCUT2D eigenvalue weighted by Gasteiger charge is -2.35. The predicted molar refractivity (Wildman–Crippen MR) is 78.4 cm³/mol. The van der Waals surface area contributed by atoms with Crippen LogP contribution < -0.4 is 16.4 Å². The van der Waals surface area contributed by atoms with Crippen LogP contribution in [0.4, 0.5) is 10.1 Å². The Hall–Kier alpha value is -1.95. The summed E-state index contributed by atoms with van der Waals surface area (Å²) in [4.78, 5) is 23.7. The van der Waals surface area contributed by atoms with Gasteiger partial charge in [0.25, 0.3) is 0 Å². The molecule has 5 nitrogen and oxygen atoms in total. The highest BCUT2D eigenvalue weighted by molar-refractivity contribution is 5.98. The molecule has 0 bridgehead atoms. The van der Waals surface area contributed by atoms with Crippen molar-refractivity contribution in [3.05, 3.63) is 29.6 Å². The van der Waals surface area contributed by atoms with E-state index in [1.165, 1.54) is 12.1 Å². The molecule has 0 spiro atoms. The van der Waals surface area contributed by atoms with Crippen LogP contribution in [-0.4, -0.2) is 24.9 Å². The van der Waals surface area contributed by atoms with E-state index in [4.69, 9.17) is 5.73 Å². The lowest BCUT2D eigenvalue weighted by Crippen LogP contribution is -2.47. The molecule has 4 N–H and O–H groups in total. The van der Waals surface area contributed by atoms with Gasteiger partial charge in [-0.05, 0) is 44.0 Å². The van der Waals surface area contributed by atoms with Gasteiger partial charge in [0.15, 0.2) is 0 Å². The van der Waals surface area contributed by atoms with Gasteiger partial charge in [-0.3, -0.25) is 9.59 Å². The Labute approximate surface area is 123 Å². The van der Waals surface area contributed by atoms with Gasteiger partial charge in [0.1, 0.15) is 5.82 Å². The molecule has 1 aromatic carbocycles. The van der Waals surface area contributed by atoms with Gasteiger partial charge in [0, 0.05) is 12.1 Å². The van der Waals surface area contributed by atoms with E-state index in [2.05, 4.69) is 10.6 Å². The fourth-order valence-corrected chi connectivity index (χ4v) is 2.65. The molecule has 114 valence electrons. The second kappa shape index (κ2) is 6.22. The summed E-state index contributed by atoms with van der Waals surface area (Å²) >= 11 is 0. The van der Waals surface area contributed by atoms with Gasteiger partial charge in [-0.15, -0.1) is 0 Å². The highest BCUT2D eigenvalue weighted by Gasteiger charge is 2.38. The third-order valence-corrected chi connectivity index (χ3v) is 4.13. The van der Waals surface area contributed by atoms with Crippen molar-refractivity contribution in [2.24, 2.45) is 11.1 Å². The molecule has 1 fully saturated rings. The van der Waals surface area contributed by atoms with Gasteiger partial charge in [-0.25, -0.2) is 4.39 Å². The number of primary amides is 1. The van der Waals surface area contributed by atoms with Crippen LogP contribution >= 0.6 is 0 Å². The lowest BCUT2D eigenvalue weighted by atomic mass is 9.77. The van der Waals surface area contributed by atoms with E-state index < -0.39 is 17.1 Å². The number of nitrogens with one attached hydrogen (secondary N) is 2. The number of piperidine rings is 1. The van der Waals surface area contributed by atoms with Gasteiger partial charge < -0.3 is 16.4 Å². The molecule has 1 aromatic rings. The van der Waals surface area contributed by atoms with Crippen LogP contribution in [0.3, 0.4) is 0 Å². The molecule has 0 aliphatic carbocycles. The average molecular weight is 293 g/mol. The number of halogens is 1. The maximum Gasteiger partial charge on any atom is 0.248 e. The van der Waals surface area contributed by atoms with Crippen molar-refractivity contribution in [1.29, 1.82) is 0 Å². The van der Waals surface area contributed by atoms with Crippen LogP contribution in [0.2, 0.25) is 0 Å². The molecule has 6 heteroatoms. The number of amides is 2. The Morgan fingerprint density at radius 1 is 1.48 bits per heavy atom. The molecule has 1 heterocycles. The van der Waals surface area contributed by atoms with E-state index in [1.807, 2.05) is 6.92 Å². The van der Waals surface area contributed by atoms with Gasteiger partial charge in [0.05, 0.1) is 11.1 Å². The zero-order valence-electron chi connectivity index (χ0n) is 12.0. The van der Waals surface area contributed by atoms with Crippen LogP contribution in [0.1, 0.15) is 36.5 Å². The van der Waals surface area contributed by atoms with Crippen LogP contribution in [0.25, 0.3) is 0 Å². The summed E-state index contributed by atoms with van der Waals surface area (Å²) < 4.78 is 13.8. The van der Waals surface area contributed by atoms with Crippen molar-refractivity contribution in [3.8, 4) is 0 Å². The van der Waals surface area contributed by atoms with Crippen molar-refractivity contribution in [1.82, 2.24) is 5.32 Å². The fourth-order valence-electron chi connectivity index (χ4n) is 2.65. The first-order chi connectivity index (χ1) is 9.98. The highest BCUT2D eigenvalue weighted by Crippen LogP contribution is 2.32. The smallest absolute Gasteiger partial charge is 0.248 e.